The number of halogens is 1. The summed E-state index contributed by atoms with van der Waals surface area (Å²) in [4.78, 5) is 11.0. The monoisotopic (exact) mass is 305 g/mol. The highest BCUT2D eigenvalue weighted by Crippen LogP contribution is 2.21. The second-order valence-electron chi connectivity index (χ2n) is 4.64. The Balaban J connectivity index is 0.00000161. The van der Waals surface area contributed by atoms with Crippen LogP contribution < -0.4 is 10.1 Å². The van der Waals surface area contributed by atoms with Crippen LogP contribution in [0.1, 0.15) is 17.2 Å². The van der Waals surface area contributed by atoms with Crippen molar-refractivity contribution in [2.24, 2.45) is 0 Å². The fraction of sp³-hybridized carbons (Fsp3) is 0.188. The molecule has 1 aliphatic heterocycles. The lowest BCUT2D eigenvalue weighted by atomic mass is 10.1. The Labute approximate surface area is 129 Å². The van der Waals surface area contributed by atoms with Crippen LogP contribution in [0.5, 0.6) is 5.75 Å². The summed E-state index contributed by atoms with van der Waals surface area (Å²) in [6.07, 6.45) is -0.362. The number of rotatable bonds is 4. The highest BCUT2D eigenvalue weighted by Gasteiger charge is 2.23. The number of nitrogens with one attached hydrogen (secondary N) is 1. The summed E-state index contributed by atoms with van der Waals surface area (Å²) in [5.41, 5.74) is 2.15. The molecule has 3 rings (SSSR count). The molecule has 5 heteroatoms. The number of ether oxygens (including phenoxy) is 2. The fourth-order valence-corrected chi connectivity index (χ4v) is 2.10. The van der Waals surface area contributed by atoms with Gasteiger partial charge < -0.3 is 14.8 Å². The Morgan fingerprint density at radius 2 is 1.81 bits per heavy atom. The molecule has 110 valence electrons. The maximum absolute atomic E-state index is 11.0. The van der Waals surface area contributed by atoms with E-state index in [2.05, 4.69) is 5.32 Å². The van der Waals surface area contributed by atoms with Crippen molar-refractivity contribution in [2.45, 2.75) is 12.6 Å². The smallest absolute Gasteiger partial charge is 0.407 e. The predicted molar refractivity (Wildman–Crippen MR) is 81.7 cm³/mol. The second kappa shape index (κ2) is 6.99. The van der Waals surface area contributed by atoms with E-state index in [1.807, 2.05) is 54.6 Å². The lowest BCUT2D eigenvalue weighted by Crippen LogP contribution is -2.18. The molecule has 0 bridgehead atoms. The van der Waals surface area contributed by atoms with E-state index < -0.39 is 0 Å². The van der Waals surface area contributed by atoms with E-state index in [0.717, 1.165) is 16.9 Å². The van der Waals surface area contributed by atoms with Gasteiger partial charge in [-0.2, -0.15) is 0 Å². The van der Waals surface area contributed by atoms with Crippen molar-refractivity contribution in [2.75, 3.05) is 6.61 Å². The molecule has 1 saturated heterocycles. The third kappa shape index (κ3) is 3.89. The maximum Gasteiger partial charge on any atom is 0.407 e. The molecule has 0 spiro atoms. The normalized spacial score (nSPS) is 16.6. The number of benzene rings is 2. The standard InChI is InChI=1S/C16H15NO3.ClH/c18-16-17-15(11-20-16)13-6-8-14(9-7-13)19-10-12-4-2-1-3-5-12;/h1-9,15H,10-11H2,(H,17,18);1H/t15-;/m1./s1. The van der Waals surface area contributed by atoms with Crippen molar-refractivity contribution >= 4 is 18.5 Å². The average Bonchev–Trinajstić information content (AvgIpc) is 2.93. The van der Waals surface area contributed by atoms with Crippen LogP contribution in [0.2, 0.25) is 0 Å². The Bertz CT molecular complexity index is 586. The summed E-state index contributed by atoms with van der Waals surface area (Å²) < 4.78 is 10.6. The largest absolute Gasteiger partial charge is 0.489 e. The zero-order valence-corrected chi connectivity index (χ0v) is 12.1. The van der Waals surface area contributed by atoms with Gasteiger partial charge in [-0.25, -0.2) is 4.79 Å². The quantitative estimate of drug-likeness (QED) is 0.941. The van der Waals surface area contributed by atoms with Crippen LogP contribution in [-0.4, -0.2) is 12.7 Å². The molecular weight excluding hydrogens is 290 g/mol. The first-order valence-corrected chi connectivity index (χ1v) is 6.51. The van der Waals surface area contributed by atoms with Gasteiger partial charge in [-0.1, -0.05) is 42.5 Å². The SMILES string of the molecule is Cl.O=C1N[C@@H](c2ccc(OCc3ccccc3)cc2)CO1. The summed E-state index contributed by atoms with van der Waals surface area (Å²) >= 11 is 0. The molecule has 0 unspecified atom stereocenters. The van der Waals surface area contributed by atoms with Gasteiger partial charge in [0, 0.05) is 0 Å². The molecule has 2 aromatic rings. The molecule has 4 nitrogen and oxygen atoms in total. The van der Waals surface area contributed by atoms with Crippen LogP contribution >= 0.6 is 12.4 Å². The molecule has 1 atom stereocenters. The number of hydrogen-bond donors (Lipinski definition) is 1. The number of cyclic esters (lactones) is 1. The van der Waals surface area contributed by atoms with Crippen LogP contribution in [0.25, 0.3) is 0 Å². The highest BCUT2D eigenvalue weighted by atomic mass is 35.5. The van der Waals surface area contributed by atoms with Gasteiger partial charge in [0.25, 0.3) is 0 Å². The van der Waals surface area contributed by atoms with Crippen molar-refractivity contribution in [1.82, 2.24) is 5.32 Å². The van der Waals surface area contributed by atoms with Crippen LogP contribution in [0.3, 0.4) is 0 Å². The molecule has 1 aliphatic rings. The highest BCUT2D eigenvalue weighted by molar-refractivity contribution is 5.85. The molecule has 0 aliphatic carbocycles. The molecule has 21 heavy (non-hydrogen) atoms. The molecule has 0 radical (unpaired) electrons. The van der Waals surface area contributed by atoms with Gasteiger partial charge in [-0.05, 0) is 23.3 Å². The van der Waals surface area contributed by atoms with Crippen molar-refractivity contribution in [1.29, 1.82) is 0 Å². The fourth-order valence-electron chi connectivity index (χ4n) is 2.10. The zero-order valence-electron chi connectivity index (χ0n) is 11.3. The van der Waals surface area contributed by atoms with E-state index >= 15 is 0 Å². The lowest BCUT2D eigenvalue weighted by molar-refractivity contribution is 0.177. The number of carbonyl (C=O) groups is 1. The van der Waals surface area contributed by atoms with E-state index in [1.165, 1.54) is 0 Å². The second-order valence-corrected chi connectivity index (χ2v) is 4.64. The molecule has 0 aromatic heterocycles. The van der Waals surface area contributed by atoms with E-state index in [9.17, 15) is 4.79 Å². The number of amides is 1. The first kappa shape index (κ1) is 15.2. The van der Waals surface area contributed by atoms with Crippen molar-refractivity contribution in [3.8, 4) is 5.75 Å². The number of alkyl carbamates (subject to hydrolysis) is 1. The average molecular weight is 306 g/mol. The van der Waals surface area contributed by atoms with Gasteiger partial charge >= 0.3 is 6.09 Å². The van der Waals surface area contributed by atoms with E-state index in [1.54, 1.807) is 0 Å². The van der Waals surface area contributed by atoms with Gasteiger partial charge in [0.2, 0.25) is 0 Å². The summed E-state index contributed by atoms with van der Waals surface area (Å²) in [7, 11) is 0. The summed E-state index contributed by atoms with van der Waals surface area (Å²) in [5.74, 6) is 0.808. The Kier molecular flexibility index (Phi) is 5.06. The first-order chi connectivity index (χ1) is 9.81. The lowest BCUT2D eigenvalue weighted by Gasteiger charge is -2.10. The summed E-state index contributed by atoms with van der Waals surface area (Å²) in [6, 6.07) is 17.7. The van der Waals surface area contributed by atoms with Gasteiger partial charge in [-0.15, -0.1) is 12.4 Å². The molecular formula is C16H16ClNO3. The van der Waals surface area contributed by atoms with Crippen LogP contribution in [-0.2, 0) is 11.3 Å². The van der Waals surface area contributed by atoms with E-state index in [-0.39, 0.29) is 24.5 Å². The minimum Gasteiger partial charge on any atom is -0.489 e. The summed E-state index contributed by atoms with van der Waals surface area (Å²) in [6.45, 7) is 0.923. The molecule has 1 amide bonds. The van der Waals surface area contributed by atoms with E-state index in [0.29, 0.717) is 13.2 Å². The van der Waals surface area contributed by atoms with E-state index in [4.69, 9.17) is 9.47 Å². The van der Waals surface area contributed by atoms with Crippen LogP contribution in [0.4, 0.5) is 4.79 Å². The Hall–Kier alpha value is -2.20. The van der Waals surface area contributed by atoms with Crippen LogP contribution in [0, 0.1) is 0 Å². The van der Waals surface area contributed by atoms with Gasteiger partial charge in [0.1, 0.15) is 19.0 Å². The number of carbonyl (C=O) groups excluding carboxylic acids is 1. The number of hydrogen-bond acceptors (Lipinski definition) is 3. The minimum absolute atomic E-state index is 0. The van der Waals surface area contributed by atoms with Gasteiger partial charge in [0.05, 0.1) is 6.04 Å². The topological polar surface area (TPSA) is 47.6 Å². The van der Waals surface area contributed by atoms with Crippen molar-refractivity contribution in [3.63, 3.8) is 0 Å². The van der Waals surface area contributed by atoms with Crippen molar-refractivity contribution < 1.29 is 14.3 Å². The molecule has 0 saturated carbocycles. The van der Waals surface area contributed by atoms with Crippen molar-refractivity contribution in [3.05, 3.63) is 65.7 Å². The molecule has 2 aromatic carbocycles. The summed E-state index contributed by atoms with van der Waals surface area (Å²) in [5, 5.41) is 2.75. The molecule has 1 fully saturated rings. The zero-order chi connectivity index (χ0) is 13.8. The molecule has 1 heterocycles. The van der Waals surface area contributed by atoms with Crippen LogP contribution in [0.15, 0.2) is 54.6 Å². The Morgan fingerprint density at radius 1 is 1.10 bits per heavy atom. The third-order valence-corrected chi connectivity index (χ3v) is 3.20. The predicted octanol–water partition coefficient (Wildman–Crippen LogP) is 3.47. The first-order valence-electron chi connectivity index (χ1n) is 6.51. The van der Waals surface area contributed by atoms with Gasteiger partial charge in [-0.3, -0.25) is 0 Å². The molecule has 1 N–H and O–H groups in total. The Morgan fingerprint density at radius 3 is 2.43 bits per heavy atom. The van der Waals surface area contributed by atoms with Gasteiger partial charge in [0.15, 0.2) is 0 Å². The third-order valence-electron chi connectivity index (χ3n) is 3.20. The maximum atomic E-state index is 11.0. The minimum atomic E-state index is -0.362.